The van der Waals surface area contributed by atoms with Crippen molar-refractivity contribution in [1.82, 2.24) is 5.32 Å². The number of thioether (sulfide) groups is 1. The van der Waals surface area contributed by atoms with Crippen LogP contribution < -0.4 is 10.5 Å². The first kappa shape index (κ1) is 19.6. The number of rotatable bonds is 7. The van der Waals surface area contributed by atoms with Gasteiger partial charge < -0.3 is 5.32 Å². The van der Waals surface area contributed by atoms with Crippen LogP contribution in [-0.2, 0) is 22.3 Å². The minimum atomic E-state index is -3.77. The highest BCUT2D eigenvalue weighted by molar-refractivity contribution is 7.98. The number of primary sulfonamides is 1. The normalized spacial score (nSPS) is 11.3. The molecule has 0 radical (unpaired) electrons. The summed E-state index contributed by atoms with van der Waals surface area (Å²) in [7, 11) is -3.77. The van der Waals surface area contributed by atoms with Crippen molar-refractivity contribution in [1.29, 1.82) is 0 Å². The number of hydrogen-bond acceptors (Lipinski definition) is 5. The molecule has 0 bridgehead atoms. The van der Waals surface area contributed by atoms with Crippen LogP contribution in [0.2, 0.25) is 0 Å². The van der Waals surface area contributed by atoms with Crippen molar-refractivity contribution in [2.75, 3.05) is 0 Å². The van der Waals surface area contributed by atoms with Crippen LogP contribution in [0.4, 0.5) is 0 Å². The summed E-state index contributed by atoms with van der Waals surface area (Å²) in [5.41, 5.74) is 1.26. The predicted molar refractivity (Wildman–Crippen MR) is 109 cm³/mol. The van der Waals surface area contributed by atoms with Crippen molar-refractivity contribution >= 4 is 39.0 Å². The third-order valence-electron chi connectivity index (χ3n) is 3.76. The van der Waals surface area contributed by atoms with Gasteiger partial charge in [0, 0.05) is 22.1 Å². The van der Waals surface area contributed by atoms with E-state index in [4.69, 9.17) is 5.14 Å². The second-order valence-electron chi connectivity index (χ2n) is 5.74. The van der Waals surface area contributed by atoms with Gasteiger partial charge in [0.25, 0.3) is 5.91 Å². The van der Waals surface area contributed by atoms with Crippen molar-refractivity contribution in [2.45, 2.75) is 22.1 Å². The topological polar surface area (TPSA) is 89.3 Å². The van der Waals surface area contributed by atoms with Gasteiger partial charge in [-0.25, -0.2) is 13.6 Å². The minimum Gasteiger partial charge on any atom is -0.348 e. The number of amides is 1. The molecule has 0 saturated carbocycles. The molecule has 3 rings (SSSR count). The highest BCUT2D eigenvalue weighted by atomic mass is 32.2. The van der Waals surface area contributed by atoms with Gasteiger partial charge in [0.15, 0.2) is 0 Å². The molecule has 5 nitrogen and oxygen atoms in total. The first-order valence-corrected chi connectivity index (χ1v) is 11.5. The van der Waals surface area contributed by atoms with Gasteiger partial charge in [-0.3, -0.25) is 4.79 Å². The molecule has 0 fully saturated rings. The first-order chi connectivity index (χ1) is 12.9. The lowest BCUT2D eigenvalue weighted by Crippen LogP contribution is -2.23. The fourth-order valence-electron chi connectivity index (χ4n) is 2.43. The molecule has 0 aliphatic heterocycles. The van der Waals surface area contributed by atoms with E-state index in [0.717, 1.165) is 10.6 Å². The Hall–Kier alpha value is -2.13. The Morgan fingerprint density at radius 2 is 1.89 bits per heavy atom. The summed E-state index contributed by atoms with van der Waals surface area (Å²) < 4.78 is 22.9. The zero-order chi connectivity index (χ0) is 19.3. The lowest BCUT2D eigenvalue weighted by Gasteiger charge is -2.10. The maximum absolute atomic E-state index is 12.6. The molecular formula is C19H18N2O3S3. The summed E-state index contributed by atoms with van der Waals surface area (Å²) >= 11 is 3.30. The monoisotopic (exact) mass is 418 g/mol. The highest BCUT2D eigenvalue weighted by Gasteiger charge is 2.13. The average molecular weight is 419 g/mol. The highest BCUT2D eigenvalue weighted by Crippen LogP contribution is 2.28. The summed E-state index contributed by atoms with van der Waals surface area (Å²) in [5.74, 6) is 0.600. The van der Waals surface area contributed by atoms with Gasteiger partial charge in [-0.15, -0.1) is 23.1 Å². The van der Waals surface area contributed by atoms with Gasteiger partial charge in [0.1, 0.15) is 0 Å². The van der Waals surface area contributed by atoms with Crippen LogP contribution in [0.1, 0.15) is 20.8 Å². The molecule has 0 aliphatic carbocycles. The summed E-state index contributed by atoms with van der Waals surface area (Å²) in [6.45, 7) is 0.214. The van der Waals surface area contributed by atoms with Crippen LogP contribution in [0.25, 0.3) is 0 Å². The van der Waals surface area contributed by atoms with Gasteiger partial charge in [-0.2, -0.15) is 0 Å². The van der Waals surface area contributed by atoms with Crippen LogP contribution in [0.15, 0.2) is 75.8 Å². The van der Waals surface area contributed by atoms with Gasteiger partial charge in [0.2, 0.25) is 10.0 Å². The smallest absolute Gasteiger partial charge is 0.252 e. The molecule has 3 N–H and O–H groups in total. The zero-order valence-electron chi connectivity index (χ0n) is 14.3. The fourth-order valence-corrected chi connectivity index (χ4v) is 4.84. The number of benzene rings is 2. The summed E-state index contributed by atoms with van der Waals surface area (Å²) in [6.07, 6.45) is 0. The number of sulfonamides is 1. The summed E-state index contributed by atoms with van der Waals surface area (Å²) in [5, 5.41) is 10.0. The third-order valence-corrected chi connectivity index (χ3v) is 6.85. The second-order valence-corrected chi connectivity index (χ2v) is 9.35. The maximum Gasteiger partial charge on any atom is 0.252 e. The SMILES string of the molecule is NS(=O)(=O)c1cccc(CNC(=O)c2ccccc2SCc2cccs2)c1. The van der Waals surface area contributed by atoms with E-state index in [1.165, 1.54) is 17.0 Å². The molecule has 140 valence electrons. The Labute approximate surface area is 166 Å². The molecule has 0 spiro atoms. The molecular weight excluding hydrogens is 400 g/mol. The van der Waals surface area contributed by atoms with Crippen molar-refractivity contribution in [3.05, 3.63) is 82.0 Å². The van der Waals surface area contributed by atoms with E-state index >= 15 is 0 Å². The van der Waals surface area contributed by atoms with Crippen molar-refractivity contribution < 1.29 is 13.2 Å². The van der Waals surface area contributed by atoms with E-state index < -0.39 is 10.0 Å². The molecule has 0 unspecified atom stereocenters. The van der Waals surface area contributed by atoms with Gasteiger partial charge >= 0.3 is 0 Å². The molecule has 3 aromatic rings. The molecule has 1 amide bonds. The number of thiophene rings is 1. The molecule has 0 atom stereocenters. The largest absolute Gasteiger partial charge is 0.348 e. The van der Waals surface area contributed by atoms with Crippen molar-refractivity contribution in [3.63, 3.8) is 0 Å². The number of hydrogen-bond donors (Lipinski definition) is 2. The molecule has 1 aromatic heterocycles. The predicted octanol–water partition coefficient (Wildman–Crippen LogP) is 3.62. The first-order valence-electron chi connectivity index (χ1n) is 8.07. The number of carbonyl (C=O) groups is 1. The van der Waals surface area contributed by atoms with E-state index in [2.05, 4.69) is 11.4 Å². The number of carbonyl (C=O) groups excluding carboxylic acids is 1. The average Bonchev–Trinajstić information content (AvgIpc) is 3.18. The van der Waals surface area contributed by atoms with Crippen LogP contribution >= 0.6 is 23.1 Å². The maximum atomic E-state index is 12.6. The number of nitrogens with two attached hydrogens (primary N) is 1. The molecule has 0 saturated heterocycles. The Bertz CT molecular complexity index is 1030. The molecule has 27 heavy (non-hydrogen) atoms. The van der Waals surface area contributed by atoms with Gasteiger partial charge in [0.05, 0.1) is 10.5 Å². The third kappa shape index (κ3) is 5.43. The number of nitrogens with one attached hydrogen (secondary N) is 1. The second kappa shape index (κ2) is 8.71. The van der Waals surface area contributed by atoms with E-state index in [9.17, 15) is 13.2 Å². The molecule has 0 aliphatic rings. The van der Waals surface area contributed by atoms with E-state index in [-0.39, 0.29) is 17.3 Å². The van der Waals surface area contributed by atoms with Crippen LogP contribution in [0, 0.1) is 0 Å². The Morgan fingerprint density at radius 3 is 2.63 bits per heavy atom. The minimum absolute atomic E-state index is 0.0288. The quantitative estimate of drug-likeness (QED) is 0.574. The lowest BCUT2D eigenvalue weighted by atomic mass is 10.2. The molecule has 2 aromatic carbocycles. The van der Waals surface area contributed by atoms with E-state index in [1.807, 2.05) is 29.6 Å². The fraction of sp³-hybridized carbons (Fsp3) is 0.105. The summed E-state index contributed by atoms with van der Waals surface area (Å²) in [4.78, 5) is 14.8. The van der Waals surface area contributed by atoms with Crippen molar-refractivity contribution in [2.24, 2.45) is 5.14 Å². The van der Waals surface area contributed by atoms with Gasteiger partial charge in [-0.05, 0) is 41.3 Å². The van der Waals surface area contributed by atoms with Crippen LogP contribution in [0.5, 0.6) is 0 Å². The van der Waals surface area contributed by atoms with E-state index in [1.54, 1.807) is 41.3 Å². The lowest BCUT2D eigenvalue weighted by molar-refractivity contribution is 0.0948. The molecule has 1 heterocycles. The molecule has 8 heteroatoms. The Kier molecular flexibility index (Phi) is 6.33. The standard InChI is InChI=1S/C19H18N2O3S3/c20-27(23,24)16-7-3-5-14(11-16)12-21-19(22)17-8-1-2-9-18(17)26-13-15-6-4-10-25-15/h1-11H,12-13H2,(H,21,22)(H2,20,23,24). The van der Waals surface area contributed by atoms with Crippen LogP contribution in [-0.4, -0.2) is 14.3 Å². The van der Waals surface area contributed by atoms with Crippen molar-refractivity contribution in [3.8, 4) is 0 Å². The zero-order valence-corrected chi connectivity index (χ0v) is 16.7. The van der Waals surface area contributed by atoms with E-state index in [0.29, 0.717) is 11.1 Å². The van der Waals surface area contributed by atoms with Crippen LogP contribution in [0.3, 0.4) is 0 Å². The van der Waals surface area contributed by atoms with Gasteiger partial charge in [-0.1, -0.05) is 30.3 Å². The summed E-state index contributed by atoms with van der Waals surface area (Å²) in [6, 6.07) is 17.8. The Balaban J connectivity index is 1.68. The Morgan fingerprint density at radius 1 is 1.07 bits per heavy atom.